The summed E-state index contributed by atoms with van der Waals surface area (Å²) in [5.74, 6) is -0.826. The van der Waals surface area contributed by atoms with Crippen molar-refractivity contribution >= 4 is 28.9 Å². The van der Waals surface area contributed by atoms with Crippen molar-refractivity contribution in [2.75, 3.05) is 18.4 Å². The number of hydrogen-bond donors (Lipinski definition) is 2. The summed E-state index contributed by atoms with van der Waals surface area (Å²) in [5.41, 5.74) is 2.44. The number of carbonyl (C=O) groups is 2. The summed E-state index contributed by atoms with van der Waals surface area (Å²) in [6, 6.07) is 13.0. The van der Waals surface area contributed by atoms with Crippen molar-refractivity contribution in [3.05, 3.63) is 82.0 Å². The monoisotopic (exact) mass is 609 g/mol. The lowest BCUT2D eigenvalue weighted by Gasteiger charge is -2.32. The van der Waals surface area contributed by atoms with Gasteiger partial charge < -0.3 is 15.3 Å². The Hall–Kier alpha value is -4.19. The number of carbonyl (C=O) groups excluding carboxylic acids is 1. The molecule has 8 nitrogen and oxygen atoms in total. The molecule has 1 aliphatic heterocycles. The lowest BCUT2D eigenvalue weighted by Crippen LogP contribution is -2.38. The van der Waals surface area contributed by atoms with E-state index in [4.69, 9.17) is 0 Å². The van der Waals surface area contributed by atoms with Crippen molar-refractivity contribution < 1.29 is 27.9 Å². The van der Waals surface area contributed by atoms with Crippen LogP contribution in [0.15, 0.2) is 54.0 Å². The molecular weight excluding hydrogens is 579 g/mol. The summed E-state index contributed by atoms with van der Waals surface area (Å²) < 4.78 is 41.8. The number of aromatic nitrogens is 3. The zero-order chi connectivity index (χ0) is 30.3. The lowest BCUT2D eigenvalue weighted by atomic mass is 9.88. The second-order valence-corrected chi connectivity index (χ2v) is 12.0. The summed E-state index contributed by atoms with van der Waals surface area (Å²) >= 11 is 1.42. The van der Waals surface area contributed by atoms with Gasteiger partial charge in [0.05, 0.1) is 16.8 Å². The maximum absolute atomic E-state index is 13.8. The van der Waals surface area contributed by atoms with Crippen LogP contribution in [-0.2, 0) is 17.5 Å². The first-order valence-corrected chi connectivity index (χ1v) is 15.0. The molecule has 224 valence electrons. The van der Waals surface area contributed by atoms with E-state index >= 15 is 0 Å². The van der Waals surface area contributed by atoms with Crippen LogP contribution in [0.1, 0.15) is 64.3 Å². The molecule has 1 aromatic carbocycles. The van der Waals surface area contributed by atoms with Crippen LogP contribution in [0.3, 0.4) is 0 Å². The number of amides is 1. The number of aryl methyl sites for hydroxylation is 1. The van der Waals surface area contributed by atoms with Gasteiger partial charge >= 0.3 is 12.1 Å². The first kappa shape index (κ1) is 28.9. The summed E-state index contributed by atoms with van der Waals surface area (Å²) in [7, 11) is 0. The molecule has 0 radical (unpaired) electrons. The van der Waals surface area contributed by atoms with E-state index in [-0.39, 0.29) is 11.7 Å². The molecule has 1 saturated heterocycles. The Morgan fingerprint density at radius 2 is 1.86 bits per heavy atom. The molecule has 1 saturated carbocycles. The molecular formula is C31H30F3N5O3S. The lowest BCUT2D eigenvalue weighted by molar-refractivity contribution is -0.143. The van der Waals surface area contributed by atoms with Gasteiger partial charge in [0, 0.05) is 31.2 Å². The van der Waals surface area contributed by atoms with Crippen LogP contribution in [0.2, 0.25) is 0 Å². The van der Waals surface area contributed by atoms with Crippen molar-refractivity contribution in [3.63, 3.8) is 0 Å². The average molecular weight is 610 g/mol. The Labute approximate surface area is 250 Å². The predicted octanol–water partition coefficient (Wildman–Crippen LogP) is 6.75. The zero-order valence-electron chi connectivity index (χ0n) is 23.4. The number of pyridine rings is 1. The number of anilines is 1. The Balaban J connectivity index is 1.15. The molecule has 43 heavy (non-hydrogen) atoms. The van der Waals surface area contributed by atoms with E-state index in [9.17, 15) is 27.9 Å². The van der Waals surface area contributed by atoms with Crippen LogP contribution in [0.5, 0.6) is 0 Å². The van der Waals surface area contributed by atoms with E-state index in [0.29, 0.717) is 34.9 Å². The molecule has 1 amide bonds. The van der Waals surface area contributed by atoms with Gasteiger partial charge in [-0.25, -0.2) is 14.5 Å². The standard InChI is InChI=1S/C31H30F3N5O3S/c1-18-15-21(19-9-12-38(13-10-19)29(40)20-5-6-20)7-8-24(18)35-16-22-11-14-43-27(22)25-3-2-4-26(37-25)39-28(31(32,33)34)23(17-36-39)30(41)42/h2-4,7-8,11,14-15,17,19-20,35H,5-6,9-10,12-13,16H2,1H3,(H,41,42). The number of thiophene rings is 1. The van der Waals surface area contributed by atoms with Gasteiger partial charge in [-0.15, -0.1) is 11.3 Å². The molecule has 0 bridgehead atoms. The van der Waals surface area contributed by atoms with Crippen LogP contribution >= 0.6 is 11.3 Å². The molecule has 0 spiro atoms. The number of piperidine rings is 1. The van der Waals surface area contributed by atoms with E-state index in [1.165, 1.54) is 23.0 Å². The topological polar surface area (TPSA) is 100 Å². The molecule has 6 rings (SSSR count). The number of halogens is 3. The van der Waals surface area contributed by atoms with Crippen molar-refractivity contribution in [2.24, 2.45) is 5.92 Å². The highest BCUT2D eigenvalue weighted by molar-refractivity contribution is 7.13. The summed E-state index contributed by atoms with van der Waals surface area (Å²) in [4.78, 5) is 31.0. The SMILES string of the molecule is Cc1cc(C2CCN(C(=O)C3CC3)CC2)ccc1NCc1ccsc1-c1cccc(-n2ncc(C(=O)O)c2C(F)(F)F)n1. The maximum atomic E-state index is 13.8. The highest BCUT2D eigenvalue weighted by atomic mass is 32.1. The second kappa shape index (κ2) is 11.5. The van der Waals surface area contributed by atoms with Crippen LogP contribution in [0.25, 0.3) is 16.4 Å². The van der Waals surface area contributed by atoms with Gasteiger partial charge in [0.1, 0.15) is 5.56 Å². The smallest absolute Gasteiger partial charge is 0.434 e. The number of carboxylic acids is 1. The predicted molar refractivity (Wildman–Crippen MR) is 156 cm³/mol. The highest BCUT2D eigenvalue weighted by Gasteiger charge is 2.41. The molecule has 2 aliphatic rings. The van der Waals surface area contributed by atoms with E-state index < -0.39 is 23.4 Å². The fourth-order valence-corrected chi connectivity index (χ4v) is 6.56. The van der Waals surface area contributed by atoms with Gasteiger partial charge in [0.15, 0.2) is 11.5 Å². The Kier molecular flexibility index (Phi) is 7.72. The number of carboxylic acid groups (broad SMARTS) is 1. The van der Waals surface area contributed by atoms with E-state index in [1.807, 2.05) is 16.3 Å². The molecule has 2 fully saturated rings. The summed E-state index contributed by atoms with van der Waals surface area (Å²) in [6.07, 6.45) is -0.241. The number of likely N-dealkylation sites (tertiary alicyclic amines) is 1. The van der Waals surface area contributed by atoms with Crippen molar-refractivity contribution in [3.8, 4) is 16.4 Å². The maximum Gasteiger partial charge on any atom is 0.434 e. The quantitative estimate of drug-likeness (QED) is 0.229. The Morgan fingerprint density at radius 3 is 2.53 bits per heavy atom. The van der Waals surface area contributed by atoms with Crippen molar-refractivity contribution in [1.82, 2.24) is 19.7 Å². The molecule has 4 heterocycles. The van der Waals surface area contributed by atoms with Crippen LogP contribution in [-0.4, -0.2) is 49.7 Å². The second-order valence-electron chi connectivity index (χ2n) is 11.1. The minimum absolute atomic E-state index is 0.126. The van der Waals surface area contributed by atoms with Gasteiger partial charge in [-0.05, 0) is 84.9 Å². The molecule has 3 aromatic heterocycles. The molecule has 0 atom stereocenters. The van der Waals surface area contributed by atoms with Gasteiger partial charge in [0.25, 0.3) is 0 Å². The number of benzene rings is 1. The fourth-order valence-electron chi connectivity index (χ4n) is 5.67. The molecule has 0 unspecified atom stereocenters. The summed E-state index contributed by atoms with van der Waals surface area (Å²) in [6.45, 7) is 4.16. The van der Waals surface area contributed by atoms with Crippen LogP contribution in [0, 0.1) is 12.8 Å². The number of nitrogens with one attached hydrogen (secondary N) is 1. The number of rotatable bonds is 8. The largest absolute Gasteiger partial charge is 0.478 e. The Morgan fingerprint density at radius 1 is 1.09 bits per heavy atom. The van der Waals surface area contributed by atoms with Crippen molar-refractivity contribution in [1.29, 1.82) is 0 Å². The van der Waals surface area contributed by atoms with E-state index in [1.54, 1.807) is 12.1 Å². The molecule has 4 aromatic rings. The van der Waals surface area contributed by atoms with Gasteiger partial charge in [-0.3, -0.25) is 4.79 Å². The average Bonchev–Trinajstić information content (AvgIpc) is 3.54. The molecule has 12 heteroatoms. The number of aromatic carboxylic acids is 1. The minimum Gasteiger partial charge on any atom is -0.478 e. The van der Waals surface area contributed by atoms with Gasteiger partial charge in [0.2, 0.25) is 5.91 Å². The third-order valence-electron chi connectivity index (χ3n) is 8.12. The third kappa shape index (κ3) is 6.01. The zero-order valence-corrected chi connectivity index (χ0v) is 24.2. The van der Waals surface area contributed by atoms with Crippen LogP contribution < -0.4 is 5.32 Å². The molecule has 1 aliphatic carbocycles. The normalized spacial score (nSPS) is 16.0. The van der Waals surface area contributed by atoms with Crippen LogP contribution in [0.4, 0.5) is 18.9 Å². The number of nitrogens with zero attached hydrogens (tertiary/aromatic N) is 4. The number of hydrogen-bond acceptors (Lipinski definition) is 6. The van der Waals surface area contributed by atoms with Gasteiger partial charge in [-0.2, -0.15) is 18.3 Å². The summed E-state index contributed by atoms with van der Waals surface area (Å²) in [5, 5.41) is 18.3. The fraction of sp³-hybridized carbons (Fsp3) is 0.355. The Bertz CT molecular complexity index is 1670. The first-order chi connectivity index (χ1) is 20.6. The number of alkyl halides is 3. The van der Waals surface area contributed by atoms with E-state index in [2.05, 4.69) is 40.5 Å². The first-order valence-electron chi connectivity index (χ1n) is 14.2. The minimum atomic E-state index is -4.93. The molecule has 2 N–H and O–H groups in total. The van der Waals surface area contributed by atoms with E-state index in [0.717, 1.165) is 60.5 Å². The van der Waals surface area contributed by atoms with Gasteiger partial charge in [-0.1, -0.05) is 18.2 Å². The third-order valence-corrected chi connectivity index (χ3v) is 9.10. The highest BCUT2D eigenvalue weighted by Crippen LogP contribution is 2.37. The van der Waals surface area contributed by atoms with Crippen molar-refractivity contribution in [2.45, 2.75) is 51.2 Å².